The Morgan fingerprint density at radius 2 is 1.48 bits per heavy atom. The molecule has 0 fully saturated rings. The van der Waals surface area contributed by atoms with E-state index < -0.39 is 18.0 Å². The van der Waals surface area contributed by atoms with Crippen molar-refractivity contribution in [3.05, 3.63) is 0 Å². The molecule has 21 heavy (non-hydrogen) atoms. The molecule has 0 aliphatic heterocycles. The lowest BCUT2D eigenvalue weighted by molar-refractivity contribution is -0.156. The van der Waals surface area contributed by atoms with Crippen molar-refractivity contribution in [1.82, 2.24) is 0 Å². The molecule has 0 N–H and O–H groups in total. The molecule has 5 heteroatoms. The van der Waals surface area contributed by atoms with Gasteiger partial charge < -0.3 is 9.47 Å². The van der Waals surface area contributed by atoms with Gasteiger partial charge in [0.25, 0.3) is 0 Å². The second-order valence-electron chi connectivity index (χ2n) is 5.23. The highest BCUT2D eigenvalue weighted by molar-refractivity contribution is 5.84. The summed E-state index contributed by atoms with van der Waals surface area (Å²) in [5, 5.41) is 0. The van der Waals surface area contributed by atoms with E-state index in [2.05, 4.69) is 6.92 Å². The van der Waals surface area contributed by atoms with E-state index in [9.17, 15) is 14.4 Å². The molecule has 0 aromatic carbocycles. The smallest absolute Gasteiger partial charge is 0.307 e. The number of hydrogen-bond acceptors (Lipinski definition) is 5. The minimum Gasteiger partial charge on any atom is -0.466 e. The van der Waals surface area contributed by atoms with Gasteiger partial charge in [-0.2, -0.15) is 0 Å². The summed E-state index contributed by atoms with van der Waals surface area (Å²) in [6.07, 6.45) is 5.98. The number of rotatable bonds is 12. The van der Waals surface area contributed by atoms with Gasteiger partial charge in [0, 0.05) is 0 Å². The van der Waals surface area contributed by atoms with E-state index in [1.165, 1.54) is 39.5 Å². The second kappa shape index (κ2) is 12.4. The van der Waals surface area contributed by atoms with E-state index in [1.807, 2.05) is 0 Å². The van der Waals surface area contributed by atoms with Gasteiger partial charge in [-0.3, -0.25) is 14.4 Å². The predicted molar refractivity (Wildman–Crippen MR) is 79.8 cm³/mol. The van der Waals surface area contributed by atoms with E-state index in [0.717, 1.165) is 12.8 Å². The summed E-state index contributed by atoms with van der Waals surface area (Å²) in [7, 11) is 0. The molecule has 0 rings (SSSR count). The van der Waals surface area contributed by atoms with Crippen molar-refractivity contribution in [2.45, 2.75) is 78.2 Å². The Morgan fingerprint density at radius 1 is 0.905 bits per heavy atom. The van der Waals surface area contributed by atoms with E-state index in [1.54, 1.807) is 0 Å². The van der Waals surface area contributed by atoms with Gasteiger partial charge in [-0.15, -0.1) is 0 Å². The molecule has 0 bridgehead atoms. The summed E-state index contributed by atoms with van der Waals surface area (Å²) >= 11 is 0. The van der Waals surface area contributed by atoms with Gasteiger partial charge in [0.1, 0.15) is 0 Å². The highest BCUT2D eigenvalue weighted by Crippen LogP contribution is 2.06. The molecule has 0 radical (unpaired) electrons. The lowest BCUT2D eigenvalue weighted by Crippen LogP contribution is -2.22. The lowest BCUT2D eigenvalue weighted by atomic mass is 10.1. The summed E-state index contributed by atoms with van der Waals surface area (Å²) in [6.45, 7) is 5.44. The molecular formula is C16H28O5. The molecular weight excluding hydrogens is 272 g/mol. The molecule has 1 atom stereocenters. The number of esters is 2. The first kappa shape index (κ1) is 19.6. The molecule has 0 aromatic heterocycles. The zero-order valence-electron chi connectivity index (χ0n) is 13.5. The molecule has 0 aliphatic rings. The van der Waals surface area contributed by atoms with Crippen LogP contribution in [0.4, 0.5) is 0 Å². The first-order chi connectivity index (χ1) is 9.97. The fourth-order valence-electron chi connectivity index (χ4n) is 1.68. The number of ether oxygens (including phenoxy) is 2. The van der Waals surface area contributed by atoms with Crippen LogP contribution in [0.3, 0.4) is 0 Å². The number of unbranched alkanes of at least 4 members (excludes halogenated alkanes) is 5. The standard InChI is InChI=1S/C16H28O5/c1-4-5-6-7-8-9-12-20-15(18)10-11-16(19)21-14(3)13(2)17/h14H,4-12H2,1-3H3. The number of hydrogen-bond donors (Lipinski definition) is 0. The summed E-state index contributed by atoms with van der Waals surface area (Å²) < 4.78 is 9.88. The minimum atomic E-state index is -0.753. The average Bonchev–Trinajstić information content (AvgIpc) is 2.44. The zero-order valence-corrected chi connectivity index (χ0v) is 13.5. The molecule has 1 unspecified atom stereocenters. The van der Waals surface area contributed by atoms with E-state index >= 15 is 0 Å². The number of Topliss-reactive ketones (excluding diaryl/α,β-unsaturated/α-hetero) is 1. The summed E-state index contributed by atoms with van der Waals surface area (Å²) in [6, 6.07) is 0. The topological polar surface area (TPSA) is 69.7 Å². The minimum absolute atomic E-state index is 0.000702. The van der Waals surface area contributed by atoms with Gasteiger partial charge in [0.05, 0.1) is 19.4 Å². The van der Waals surface area contributed by atoms with Crippen LogP contribution in [0.2, 0.25) is 0 Å². The normalized spacial score (nSPS) is 11.8. The fraction of sp³-hybridized carbons (Fsp3) is 0.812. The average molecular weight is 300 g/mol. The SMILES string of the molecule is CCCCCCCCOC(=O)CCC(=O)OC(C)C(C)=O. The third-order valence-electron chi connectivity index (χ3n) is 3.17. The van der Waals surface area contributed by atoms with Gasteiger partial charge in [0.2, 0.25) is 0 Å². The van der Waals surface area contributed by atoms with E-state index in [-0.39, 0.29) is 18.6 Å². The number of carbonyl (C=O) groups excluding carboxylic acids is 3. The van der Waals surface area contributed by atoms with Crippen molar-refractivity contribution in [2.24, 2.45) is 0 Å². The highest BCUT2D eigenvalue weighted by atomic mass is 16.5. The Hall–Kier alpha value is -1.39. The summed E-state index contributed by atoms with van der Waals surface area (Å²) in [5.41, 5.74) is 0. The van der Waals surface area contributed by atoms with E-state index in [4.69, 9.17) is 9.47 Å². The molecule has 0 aromatic rings. The van der Waals surface area contributed by atoms with Gasteiger partial charge >= 0.3 is 11.9 Å². The first-order valence-corrected chi connectivity index (χ1v) is 7.83. The molecule has 5 nitrogen and oxygen atoms in total. The van der Waals surface area contributed by atoms with Crippen molar-refractivity contribution in [3.63, 3.8) is 0 Å². The van der Waals surface area contributed by atoms with Crippen molar-refractivity contribution < 1.29 is 23.9 Å². The Balaban J connectivity index is 3.53. The quantitative estimate of drug-likeness (QED) is 0.409. The Bertz CT molecular complexity index is 325. The van der Waals surface area contributed by atoms with Crippen molar-refractivity contribution in [1.29, 1.82) is 0 Å². The van der Waals surface area contributed by atoms with Gasteiger partial charge in [0.15, 0.2) is 11.9 Å². The number of carbonyl (C=O) groups is 3. The maximum atomic E-state index is 11.4. The molecule has 0 spiro atoms. The maximum absolute atomic E-state index is 11.4. The van der Waals surface area contributed by atoms with Crippen molar-refractivity contribution in [2.75, 3.05) is 6.61 Å². The molecule has 122 valence electrons. The van der Waals surface area contributed by atoms with Crippen LogP contribution < -0.4 is 0 Å². The number of ketones is 1. The lowest BCUT2D eigenvalue weighted by Gasteiger charge is -2.09. The molecule has 0 saturated heterocycles. The van der Waals surface area contributed by atoms with Crippen LogP contribution in [-0.4, -0.2) is 30.4 Å². The fourth-order valence-corrected chi connectivity index (χ4v) is 1.68. The van der Waals surface area contributed by atoms with Crippen LogP contribution in [0.25, 0.3) is 0 Å². The Kier molecular flexibility index (Phi) is 11.5. The van der Waals surface area contributed by atoms with Crippen LogP contribution in [0.5, 0.6) is 0 Å². The van der Waals surface area contributed by atoms with Gasteiger partial charge in [-0.1, -0.05) is 39.0 Å². The van der Waals surface area contributed by atoms with Gasteiger partial charge in [-0.05, 0) is 20.3 Å². The van der Waals surface area contributed by atoms with E-state index in [0.29, 0.717) is 6.61 Å². The van der Waals surface area contributed by atoms with Crippen LogP contribution in [-0.2, 0) is 23.9 Å². The highest BCUT2D eigenvalue weighted by Gasteiger charge is 2.15. The second-order valence-corrected chi connectivity index (χ2v) is 5.23. The van der Waals surface area contributed by atoms with Crippen molar-refractivity contribution >= 4 is 17.7 Å². The molecule has 0 aliphatic carbocycles. The monoisotopic (exact) mass is 300 g/mol. The third-order valence-corrected chi connectivity index (χ3v) is 3.17. The van der Waals surface area contributed by atoms with Crippen LogP contribution >= 0.6 is 0 Å². The van der Waals surface area contributed by atoms with Crippen LogP contribution in [0.15, 0.2) is 0 Å². The summed E-state index contributed by atoms with van der Waals surface area (Å²) in [5.74, 6) is -1.15. The van der Waals surface area contributed by atoms with Crippen LogP contribution in [0, 0.1) is 0 Å². The zero-order chi connectivity index (χ0) is 16.1. The van der Waals surface area contributed by atoms with Crippen molar-refractivity contribution in [3.8, 4) is 0 Å². The molecule has 0 saturated carbocycles. The third kappa shape index (κ3) is 12.1. The molecule has 0 heterocycles. The predicted octanol–water partition coefficient (Wildman–Crippen LogP) is 3.19. The molecule has 0 amide bonds. The largest absolute Gasteiger partial charge is 0.466 e. The Morgan fingerprint density at radius 3 is 2.10 bits per heavy atom. The maximum Gasteiger partial charge on any atom is 0.307 e. The summed E-state index contributed by atoms with van der Waals surface area (Å²) in [4.78, 5) is 33.7. The Labute approximate surface area is 127 Å². The first-order valence-electron chi connectivity index (χ1n) is 7.83. The van der Waals surface area contributed by atoms with Crippen LogP contribution in [0.1, 0.15) is 72.1 Å². The van der Waals surface area contributed by atoms with Gasteiger partial charge in [-0.25, -0.2) is 0 Å².